The van der Waals surface area contributed by atoms with Gasteiger partial charge in [0.25, 0.3) is 11.8 Å². The second-order valence-corrected chi connectivity index (χ2v) is 6.82. The summed E-state index contributed by atoms with van der Waals surface area (Å²) in [7, 11) is 3.67. The fourth-order valence-electron chi connectivity index (χ4n) is 3.35. The molecule has 2 aliphatic rings. The van der Waals surface area contributed by atoms with Crippen LogP contribution < -0.4 is 4.74 Å². The van der Waals surface area contributed by atoms with E-state index in [1.165, 1.54) is 4.90 Å². The first-order chi connectivity index (χ1) is 11.9. The predicted octanol–water partition coefficient (Wildman–Crippen LogP) is 1.43. The third-order valence-electron chi connectivity index (χ3n) is 4.81. The third-order valence-corrected chi connectivity index (χ3v) is 4.81. The molecule has 1 aromatic carbocycles. The smallest absolute Gasteiger partial charge is 0.278 e. The van der Waals surface area contributed by atoms with Crippen LogP contribution in [0.1, 0.15) is 19.4 Å². The Morgan fingerprint density at radius 1 is 0.960 bits per heavy atom. The van der Waals surface area contributed by atoms with Gasteiger partial charge in [-0.05, 0) is 38.6 Å². The van der Waals surface area contributed by atoms with E-state index in [-0.39, 0.29) is 17.9 Å². The number of benzene rings is 1. The highest BCUT2D eigenvalue weighted by molar-refractivity contribution is 6.35. The molecule has 25 heavy (non-hydrogen) atoms. The lowest BCUT2D eigenvalue weighted by atomic mass is 10.0. The molecular weight excluding hydrogens is 318 g/mol. The number of carbonyl (C=O) groups is 2. The van der Waals surface area contributed by atoms with E-state index in [9.17, 15) is 9.59 Å². The van der Waals surface area contributed by atoms with Crippen molar-refractivity contribution < 1.29 is 14.3 Å². The number of methoxy groups -OCH3 is 1. The fraction of sp³-hybridized carbons (Fsp3) is 0.474. The first-order valence-corrected chi connectivity index (χ1v) is 8.64. The molecule has 2 heterocycles. The zero-order valence-corrected chi connectivity index (χ0v) is 15.3. The minimum atomic E-state index is -0.209. The molecule has 0 N–H and O–H groups in total. The van der Waals surface area contributed by atoms with Crippen LogP contribution in [0.5, 0.6) is 5.75 Å². The Bertz CT molecular complexity index is 701. The van der Waals surface area contributed by atoms with Crippen LogP contribution in [-0.4, -0.2) is 72.9 Å². The molecule has 6 heteroatoms. The lowest BCUT2D eigenvalue weighted by Gasteiger charge is -2.34. The van der Waals surface area contributed by atoms with Crippen LogP contribution in [-0.2, 0) is 9.59 Å². The Morgan fingerprint density at radius 2 is 1.56 bits per heavy atom. The zero-order chi connectivity index (χ0) is 18.1. The third kappa shape index (κ3) is 3.14. The van der Waals surface area contributed by atoms with Crippen molar-refractivity contribution in [3.63, 3.8) is 0 Å². The van der Waals surface area contributed by atoms with Crippen LogP contribution in [0.3, 0.4) is 0 Å². The van der Waals surface area contributed by atoms with Gasteiger partial charge in [0.2, 0.25) is 0 Å². The van der Waals surface area contributed by atoms with Gasteiger partial charge in [0.05, 0.1) is 12.7 Å². The molecule has 3 rings (SSSR count). The lowest BCUT2D eigenvalue weighted by molar-refractivity contribution is -0.139. The number of imide groups is 1. The minimum Gasteiger partial charge on any atom is -0.497 e. The number of likely N-dealkylation sites (N-methyl/N-ethyl adjacent to an activating group) is 1. The maximum absolute atomic E-state index is 13.0. The van der Waals surface area contributed by atoms with E-state index in [2.05, 4.69) is 16.8 Å². The second kappa shape index (κ2) is 6.88. The van der Waals surface area contributed by atoms with Crippen molar-refractivity contribution in [2.75, 3.05) is 40.3 Å². The van der Waals surface area contributed by atoms with Crippen molar-refractivity contribution in [3.8, 4) is 5.75 Å². The summed E-state index contributed by atoms with van der Waals surface area (Å²) in [6.45, 7) is 6.99. The average Bonchev–Trinajstić information content (AvgIpc) is 2.86. The van der Waals surface area contributed by atoms with Crippen LogP contribution in [0.4, 0.5) is 0 Å². The molecule has 1 saturated heterocycles. The predicted molar refractivity (Wildman–Crippen MR) is 96.0 cm³/mol. The Labute approximate surface area is 148 Å². The quantitative estimate of drug-likeness (QED) is 0.774. The number of nitrogens with zero attached hydrogens (tertiary/aromatic N) is 3. The van der Waals surface area contributed by atoms with Crippen molar-refractivity contribution in [1.29, 1.82) is 0 Å². The molecule has 1 aromatic rings. The van der Waals surface area contributed by atoms with Gasteiger partial charge in [0.15, 0.2) is 0 Å². The van der Waals surface area contributed by atoms with Crippen LogP contribution in [0.25, 0.3) is 5.57 Å². The van der Waals surface area contributed by atoms with Gasteiger partial charge in [-0.3, -0.25) is 14.5 Å². The van der Waals surface area contributed by atoms with Gasteiger partial charge in [-0.1, -0.05) is 12.1 Å². The van der Waals surface area contributed by atoms with E-state index in [1.807, 2.05) is 38.1 Å². The molecular formula is C19H25N3O3. The van der Waals surface area contributed by atoms with Crippen molar-refractivity contribution in [3.05, 3.63) is 35.5 Å². The highest BCUT2D eigenvalue weighted by Crippen LogP contribution is 2.33. The second-order valence-electron chi connectivity index (χ2n) is 6.82. The molecule has 6 nitrogen and oxygen atoms in total. The SMILES string of the molecule is COc1ccc(C2=C(N3CCN(C)CC3)C(=O)N(C(C)C)C2=O)cc1. The first kappa shape index (κ1) is 17.5. The number of piperazine rings is 1. The molecule has 0 bridgehead atoms. The molecule has 0 aliphatic carbocycles. The Morgan fingerprint density at radius 3 is 2.08 bits per heavy atom. The Hall–Kier alpha value is -2.34. The molecule has 2 aliphatic heterocycles. The minimum absolute atomic E-state index is 0.168. The highest BCUT2D eigenvalue weighted by Gasteiger charge is 2.43. The Balaban J connectivity index is 2.05. The molecule has 0 unspecified atom stereocenters. The molecule has 0 radical (unpaired) electrons. The van der Waals surface area contributed by atoms with E-state index >= 15 is 0 Å². The average molecular weight is 343 g/mol. The normalized spacial score (nSPS) is 19.4. The van der Waals surface area contributed by atoms with Gasteiger partial charge in [0.1, 0.15) is 11.4 Å². The summed E-state index contributed by atoms with van der Waals surface area (Å²) in [6, 6.07) is 7.16. The summed E-state index contributed by atoms with van der Waals surface area (Å²) in [6.07, 6.45) is 0. The lowest BCUT2D eigenvalue weighted by Crippen LogP contribution is -2.46. The molecule has 0 aromatic heterocycles. The maximum atomic E-state index is 13.0. The summed E-state index contributed by atoms with van der Waals surface area (Å²) in [5, 5.41) is 0. The largest absolute Gasteiger partial charge is 0.497 e. The van der Waals surface area contributed by atoms with E-state index in [0.29, 0.717) is 11.3 Å². The number of carbonyl (C=O) groups excluding carboxylic acids is 2. The summed E-state index contributed by atoms with van der Waals surface area (Å²) in [5.74, 6) is 0.331. The van der Waals surface area contributed by atoms with Gasteiger partial charge in [-0.15, -0.1) is 0 Å². The van der Waals surface area contributed by atoms with Crippen LogP contribution >= 0.6 is 0 Å². The van der Waals surface area contributed by atoms with Crippen LogP contribution in [0, 0.1) is 0 Å². The number of rotatable bonds is 4. The van der Waals surface area contributed by atoms with E-state index in [1.54, 1.807) is 7.11 Å². The van der Waals surface area contributed by atoms with E-state index in [0.717, 1.165) is 37.5 Å². The highest BCUT2D eigenvalue weighted by atomic mass is 16.5. The van der Waals surface area contributed by atoms with Crippen molar-refractivity contribution in [1.82, 2.24) is 14.7 Å². The van der Waals surface area contributed by atoms with Crippen LogP contribution in [0.15, 0.2) is 30.0 Å². The van der Waals surface area contributed by atoms with Crippen molar-refractivity contribution in [2.45, 2.75) is 19.9 Å². The number of hydrogen-bond acceptors (Lipinski definition) is 5. The maximum Gasteiger partial charge on any atom is 0.278 e. The number of ether oxygens (including phenoxy) is 1. The molecule has 0 saturated carbocycles. The first-order valence-electron chi connectivity index (χ1n) is 8.64. The number of amides is 2. The summed E-state index contributed by atoms with van der Waals surface area (Å²) in [5.41, 5.74) is 1.80. The topological polar surface area (TPSA) is 53.1 Å². The van der Waals surface area contributed by atoms with E-state index in [4.69, 9.17) is 4.74 Å². The molecule has 0 spiro atoms. The summed E-state index contributed by atoms with van der Waals surface area (Å²) >= 11 is 0. The molecule has 2 amide bonds. The zero-order valence-electron chi connectivity index (χ0n) is 15.3. The van der Waals surface area contributed by atoms with Gasteiger partial charge < -0.3 is 14.5 Å². The van der Waals surface area contributed by atoms with E-state index < -0.39 is 0 Å². The van der Waals surface area contributed by atoms with Gasteiger partial charge >= 0.3 is 0 Å². The Kier molecular flexibility index (Phi) is 4.81. The van der Waals surface area contributed by atoms with Gasteiger partial charge in [-0.2, -0.15) is 0 Å². The molecule has 134 valence electrons. The van der Waals surface area contributed by atoms with Gasteiger partial charge in [0, 0.05) is 32.2 Å². The van der Waals surface area contributed by atoms with Crippen molar-refractivity contribution in [2.24, 2.45) is 0 Å². The van der Waals surface area contributed by atoms with Crippen molar-refractivity contribution >= 4 is 17.4 Å². The standard InChI is InChI=1S/C19H25N3O3/c1-13(2)22-18(23)16(14-5-7-15(25-4)8-6-14)17(19(22)24)21-11-9-20(3)10-12-21/h5-8,13H,9-12H2,1-4H3. The monoisotopic (exact) mass is 343 g/mol. The molecule has 1 fully saturated rings. The summed E-state index contributed by atoms with van der Waals surface area (Å²) < 4.78 is 5.20. The fourth-order valence-corrected chi connectivity index (χ4v) is 3.35. The molecule has 0 atom stereocenters. The van der Waals surface area contributed by atoms with Crippen LogP contribution in [0.2, 0.25) is 0 Å². The number of hydrogen-bond donors (Lipinski definition) is 0. The van der Waals surface area contributed by atoms with Gasteiger partial charge in [-0.25, -0.2) is 0 Å². The summed E-state index contributed by atoms with van der Waals surface area (Å²) in [4.78, 5) is 31.7.